The predicted octanol–water partition coefficient (Wildman–Crippen LogP) is 5.59. The normalized spacial score (nSPS) is 14.8. The van der Waals surface area contributed by atoms with Crippen molar-refractivity contribution in [1.82, 2.24) is 10.3 Å². The number of nitrogens with one attached hydrogen (secondary N) is 3. The van der Waals surface area contributed by atoms with Gasteiger partial charge in [0.1, 0.15) is 16.4 Å². The molecule has 4 aromatic rings. The fraction of sp³-hybridized carbons (Fsp3) is 0.326. The van der Waals surface area contributed by atoms with E-state index >= 15 is 0 Å². The van der Waals surface area contributed by atoms with E-state index in [1.54, 1.807) is 61.5 Å². The van der Waals surface area contributed by atoms with E-state index in [0.717, 1.165) is 25.3 Å². The topological polar surface area (TPSA) is 216 Å². The number of rotatable bonds is 16. The molecule has 6 rings (SSSR count). The number of anilines is 2. The molecule has 0 aliphatic carbocycles. The first-order chi connectivity index (χ1) is 28.1. The number of nitrogens with zero attached hydrogens (tertiary/aromatic N) is 1. The molecule has 2 aliphatic heterocycles. The van der Waals surface area contributed by atoms with Crippen LogP contribution in [0, 0.1) is 13.8 Å². The van der Waals surface area contributed by atoms with E-state index in [-0.39, 0.29) is 48.4 Å². The Labute approximate surface area is 342 Å². The molecule has 1 saturated heterocycles. The van der Waals surface area contributed by atoms with E-state index in [2.05, 4.69) is 15.6 Å². The van der Waals surface area contributed by atoms with Crippen LogP contribution in [0.5, 0.6) is 11.5 Å². The number of primary sulfonamides is 1. The fourth-order valence-corrected chi connectivity index (χ4v) is 7.71. The first-order valence-corrected chi connectivity index (χ1v) is 20.9. The highest BCUT2D eigenvalue weighted by atomic mass is 32.2. The second-order valence-corrected chi connectivity index (χ2v) is 16.0. The Morgan fingerprint density at radius 3 is 2.44 bits per heavy atom. The van der Waals surface area contributed by atoms with Crippen molar-refractivity contribution in [3.8, 4) is 11.5 Å². The highest BCUT2D eigenvalue weighted by Crippen LogP contribution is 2.41. The zero-order chi connectivity index (χ0) is 42.4. The number of aromatic amines is 1. The second-order valence-electron chi connectivity index (χ2n) is 14.5. The smallest absolute Gasteiger partial charge is 0.347 e. The number of Topliss-reactive ketones (excluding diaryl/α,β-unsaturated/α-hetero) is 1. The van der Waals surface area contributed by atoms with Crippen LogP contribution in [0.3, 0.4) is 0 Å². The molecule has 1 aromatic heterocycles. The molecule has 2 amide bonds. The van der Waals surface area contributed by atoms with E-state index in [1.807, 2.05) is 18.7 Å². The maximum absolute atomic E-state index is 13.4. The Bertz CT molecular complexity index is 2440. The molecule has 16 heteroatoms. The number of benzene rings is 3. The molecule has 1 atom stereocenters. The third kappa shape index (κ3) is 9.89. The van der Waals surface area contributed by atoms with Gasteiger partial charge < -0.3 is 34.7 Å². The second kappa shape index (κ2) is 18.1. The minimum absolute atomic E-state index is 0.00502. The summed E-state index contributed by atoms with van der Waals surface area (Å²) in [5.41, 5.74) is 4.92. The van der Waals surface area contributed by atoms with Crippen molar-refractivity contribution in [2.24, 2.45) is 5.14 Å². The maximum atomic E-state index is 13.4. The SMILES string of the molecule is CCCNC(=O)c1c(C)[nH]c(/C=C2\C(=O)Nc3ccc(CC(=O)CCOC(=O)C(C)OC(=O)c4cc(N5CCCC5)c(Oc5ccccc5)c(S(N)(=O)=O)c4)cc32)c1C. The molecule has 2 aliphatic rings. The predicted molar refractivity (Wildman–Crippen MR) is 221 cm³/mol. The van der Waals surface area contributed by atoms with Crippen molar-refractivity contribution in [3.63, 3.8) is 0 Å². The Morgan fingerprint density at radius 2 is 1.75 bits per heavy atom. The number of fused-ring (bicyclic) bond motifs is 1. The number of sulfonamides is 1. The Kier molecular flexibility index (Phi) is 13.0. The zero-order valence-corrected chi connectivity index (χ0v) is 34.1. The van der Waals surface area contributed by atoms with Crippen LogP contribution >= 0.6 is 0 Å². The number of hydrogen-bond acceptors (Lipinski definition) is 11. The van der Waals surface area contributed by atoms with Crippen molar-refractivity contribution < 1.29 is 46.6 Å². The molecule has 0 saturated carbocycles. The monoisotopic (exact) mass is 825 g/mol. The lowest BCUT2D eigenvalue weighted by Crippen LogP contribution is -2.28. The van der Waals surface area contributed by atoms with Crippen molar-refractivity contribution in [2.45, 2.75) is 70.8 Å². The van der Waals surface area contributed by atoms with Gasteiger partial charge in [0, 0.05) is 55.1 Å². The Hall–Kier alpha value is -6.26. The van der Waals surface area contributed by atoms with Gasteiger partial charge in [-0.3, -0.25) is 14.4 Å². The number of hydrogen-bond donors (Lipinski definition) is 4. The average molecular weight is 826 g/mol. The molecule has 3 heterocycles. The molecular formula is C43H47N5O10S. The number of ketones is 1. The number of carbonyl (C=O) groups excluding carboxylic acids is 5. The summed E-state index contributed by atoms with van der Waals surface area (Å²) in [6.45, 7) is 8.33. The highest BCUT2D eigenvalue weighted by Gasteiger charge is 2.30. The van der Waals surface area contributed by atoms with E-state index in [0.29, 0.717) is 76.0 Å². The summed E-state index contributed by atoms with van der Waals surface area (Å²) in [6.07, 6.45) is 2.65. The maximum Gasteiger partial charge on any atom is 0.347 e. The summed E-state index contributed by atoms with van der Waals surface area (Å²) in [7, 11) is -4.40. The number of amides is 2. The molecule has 0 radical (unpaired) electrons. The van der Waals surface area contributed by atoms with Crippen molar-refractivity contribution in [3.05, 3.63) is 99.9 Å². The van der Waals surface area contributed by atoms with Crippen LogP contribution in [-0.2, 0) is 40.3 Å². The molecule has 3 aromatic carbocycles. The van der Waals surface area contributed by atoms with Crippen LogP contribution in [0.1, 0.15) is 88.3 Å². The van der Waals surface area contributed by atoms with Gasteiger partial charge in [-0.2, -0.15) is 0 Å². The molecule has 0 spiro atoms. The Morgan fingerprint density at radius 1 is 1.02 bits per heavy atom. The number of para-hydroxylation sites is 1. The third-order valence-electron chi connectivity index (χ3n) is 10.0. The summed E-state index contributed by atoms with van der Waals surface area (Å²) in [5.74, 6) is -2.30. The molecule has 310 valence electrons. The van der Waals surface area contributed by atoms with Gasteiger partial charge in [0.25, 0.3) is 11.8 Å². The van der Waals surface area contributed by atoms with E-state index in [1.165, 1.54) is 13.0 Å². The standard InChI is InChI=1S/C43H47N5O10S/c1-5-16-45-41(51)38-25(2)35(46-26(38)3)24-33-32-21-28(13-14-34(32)47-40(33)50)20-30(49)15-19-56-42(52)27(4)57-43(53)29-22-36(48-17-9-10-18-48)39(37(23-29)59(44,54)55)58-31-11-7-6-8-12-31/h6-8,11-14,21-24,27,46H,5,9-10,15-20H2,1-4H3,(H,45,51)(H,47,50)(H2,44,54,55)/b33-24-. The van der Waals surface area contributed by atoms with Crippen LogP contribution in [0.4, 0.5) is 11.4 Å². The van der Waals surface area contributed by atoms with Gasteiger partial charge in [-0.25, -0.2) is 23.1 Å². The van der Waals surface area contributed by atoms with Crippen LogP contribution in [0.2, 0.25) is 0 Å². The van der Waals surface area contributed by atoms with Gasteiger partial charge in [-0.1, -0.05) is 31.2 Å². The molecule has 0 bridgehead atoms. The van der Waals surface area contributed by atoms with E-state index in [4.69, 9.17) is 19.3 Å². The number of nitrogens with two attached hydrogens (primary N) is 1. The average Bonchev–Trinajstić information content (AvgIpc) is 3.91. The van der Waals surface area contributed by atoms with Crippen LogP contribution in [0.25, 0.3) is 11.6 Å². The van der Waals surface area contributed by atoms with Crippen molar-refractivity contribution in [2.75, 3.05) is 36.5 Å². The van der Waals surface area contributed by atoms with E-state index < -0.39 is 33.0 Å². The largest absolute Gasteiger partial charge is 0.462 e. The summed E-state index contributed by atoms with van der Waals surface area (Å²) in [4.78, 5) is 69.6. The number of carbonyl (C=O) groups is 5. The van der Waals surface area contributed by atoms with Crippen LogP contribution in [0.15, 0.2) is 65.6 Å². The Balaban J connectivity index is 1.08. The molecule has 1 fully saturated rings. The van der Waals surface area contributed by atoms with Gasteiger partial charge in [-0.05, 0) is 93.6 Å². The lowest BCUT2D eigenvalue weighted by Gasteiger charge is -2.24. The molecule has 1 unspecified atom stereocenters. The number of aromatic nitrogens is 1. The van der Waals surface area contributed by atoms with Crippen molar-refractivity contribution >= 4 is 62.6 Å². The van der Waals surface area contributed by atoms with Crippen LogP contribution < -0.4 is 25.4 Å². The number of esters is 2. The summed E-state index contributed by atoms with van der Waals surface area (Å²) < 4.78 is 42.3. The van der Waals surface area contributed by atoms with Gasteiger partial charge in [0.05, 0.1) is 29.0 Å². The number of ether oxygens (including phenoxy) is 3. The molecular weight excluding hydrogens is 779 g/mol. The minimum atomic E-state index is -4.40. The van der Waals surface area contributed by atoms with Gasteiger partial charge >= 0.3 is 11.9 Å². The minimum Gasteiger partial charge on any atom is -0.462 e. The third-order valence-corrected chi connectivity index (χ3v) is 10.9. The first kappa shape index (κ1) is 42.3. The quantitative estimate of drug-likeness (QED) is 0.0806. The lowest BCUT2D eigenvalue weighted by molar-refractivity contribution is -0.153. The van der Waals surface area contributed by atoms with Gasteiger partial charge in [-0.15, -0.1) is 0 Å². The molecule has 15 nitrogen and oxygen atoms in total. The van der Waals surface area contributed by atoms with E-state index in [9.17, 15) is 32.4 Å². The molecule has 59 heavy (non-hydrogen) atoms. The summed E-state index contributed by atoms with van der Waals surface area (Å²) in [6, 6.07) is 16.3. The van der Waals surface area contributed by atoms with Gasteiger partial charge in [0.2, 0.25) is 10.0 Å². The van der Waals surface area contributed by atoms with Gasteiger partial charge in [0.15, 0.2) is 11.9 Å². The van der Waals surface area contributed by atoms with Crippen LogP contribution in [-0.4, -0.2) is 75.3 Å². The first-order valence-electron chi connectivity index (χ1n) is 19.4. The summed E-state index contributed by atoms with van der Waals surface area (Å²) in [5, 5.41) is 11.3. The van der Waals surface area contributed by atoms with Crippen molar-refractivity contribution in [1.29, 1.82) is 0 Å². The highest BCUT2D eigenvalue weighted by molar-refractivity contribution is 7.89. The zero-order valence-electron chi connectivity index (χ0n) is 33.3. The fourth-order valence-electron chi connectivity index (χ4n) is 7.01. The number of H-pyrrole nitrogens is 1. The lowest BCUT2D eigenvalue weighted by atomic mass is 9.99. The number of aryl methyl sites for hydroxylation is 1. The molecule has 5 N–H and O–H groups in total. The summed E-state index contributed by atoms with van der Waals surface area (Å²) >= 11 is 0.